The largest absolute Gasteiger partial charge is 0.488 e. The zero-order chi connectivity index (χ0) is 16.4. The number of hydrogen-bond acceptors (Lipinski definition) is 4. The molecule has 1 aliphatic heterocycles. The lowest BCUT2D eigenvalue weighted by atomic mass is 10.1. The summed E-state index contributed by atoms with van der Waals surface area (Å²) >= 11 is 0. The third kappa shape index (κ3) is 3.01. The maximum absolute atomic E-state index is 12.7. The minimum absolute atomic E-state index is 0.196. The molecule has 0 spiro atoms. The van der Waals surface area contributed by atoms with Crippen molar-refractivity contribution in [2.75, 3.05) is 11.9 Å². The van der Waals surface area contributed by atoms with Gasteiger partial charge < -0.3 is 15.4 Å². The SMILES string of the molecule is O=C(Nc1ccccc1OC1CCCC1)c1n[nH]c2c1CNCC2. The summed E-state index contributed by atoms with van der Waals surface area (Å²) in [7, 11) is 0. The molecule has 24 heavy (non-hydrogen) atoms. The molecule has 0 bridgehead atoms. The maximum atomic E-state index is 12.7. The Morgan fingerprint density at radius 2 is 2.08 bits per heavy atom. The minimum Gasteiger partial charge on any atom is -0.488 e. The van der Waals surface area contributed by atoms with E-state index in [1.165, 1.54) is 12.8 Å². The van der Waals surface area contributed by atoms with E-state index >= 15 is 0 Å². The summed E-state index contributed by atoms with van der Waals surface area (Å²) < 4.78 is 6.08. The van der Waals surface area contributed by atoms with Crippen molar-refractivity contribution in [1.29, 1.82) is 0 Å². The normalized spacial score (nSPS) is 17.5. The van der Waals surface area contributed by atoms with Gasteiger partial charge >= 0.3 is 0 Å². The number of anilines is 1. The van der Waals surface area contributed by atoms with E-state index in [2.05, 4.69) is 20.8 Å². The van der Waals surface area contributed by atoms with E-state index in [4.69, 9.17) is 4.74 Å². The van der Waals surface area contributed by atoms with Crippen molar-refractivity contribution < 1.29 is 9.53 Å². The van der Waals surface area contributed by atoms with Crippen LogP contribution in [0.2, 0.25) is 0 Å². The average molecular weight is 326 g/mol. The molecule has 1 fully saturated rings. The van der Waals surface area contributed by atoms with E-state index in [9.17, 15) is 4.79 Å². The number of aromatic amines is 1. The Morgan fingerprint density at radius 3 is 2.96 bits per heavy atom. The first-order valence-corrected chi connectivity index (χ1v) is 8.65. The van der Waals surface area contributed by atoms with E-state index in [0.717, 1.165) is 42.8 Å². The molecule has 3 N–H and O–H groups in total. The highest BCUT2D eigenvalue weighted by Crippen LogP contribution is 2.30. The highest BCUT2D eigenvalue weighted by molar-refractivity contribution is 6.04. The van der Waals surface area contributed by atoms with Crippen LogP contribution in [0.1, 0.15) is 47.4 Å². The third-order valence-corrected chi connectivity index (χ3v) is 4.75. The van der Waals surface area contributed by atoms with Gasteiger partial charge in [-0.25, -0.2) is 0 Å². The summed E-state index contributed by atoms with van der Waals surface area (Å²) in [4.78, 5) is 12.7. The number of aromatic nitrogens is 2. The quantitative estimate of drug-likeness (QED) is 0.807. The average Bonchev–Trinajstić information content (AvgIpc) is 3.26. The molecule has 2 heterocycles. The number of nitrogens with one attached hydrogen (secondary N) is 3. The Balaban J connectivity index is 1.52. The Hall–Kier alpha value is -2.34. The molecule has 0 radical (unpaired) electrons. The first-order chi connectivity index (χ1) is 11.8. The zero-order valence-corrected chi connectivity index (χ0v) is 13.6. The van der Waals surface area contributed by atoms with Crippen LogP contribution < -0.4 is 15.4 Å². The Morgan fingerprint density at radius 1 is 1.25 bits per heavy atom. The molecule has 1 saturated carbocycles. The van der Waals surface area contributed by atoms with Crippen LogP contribution in [0.3, 0.4) is 0 Å². The molecular weight excluding hydrogens is 304 g/mol. The van der Waals surface area contributed by atoms with Crippen molar-refractivity contribution in [3.05, 3.63) is 41.2 Å². The Labute approximate surface area is 141 Å². The fourth-order valence-corrected chi connectivity index (χ4v) is 3.45. The first kappa shape index (κ1) is 15.2. The van der Waals surface area contributed by atoms with Crippen LogP contribution in [0.25, 0.3) is 0 Å². The molecule has 2 aliphatic rings. The standard InChI is InChI=1S/C18H22N4O2/c23-18(17-13-11-19-10-9-14(13)21-22-17)20-15-7-3-4-8-16(15)24-12-5-1-2-6-12/h3-4,7-8,12,19H,1-2,5-6,9-11H2,(H,20,23)(H,21,22). The van der Waals surface area contributed by atoms with Crippen LogP contribution in [0.5, 0.6) is 5.75 Å². The van der Waals surface area contributed by atoms with Gasteiger partial charge in [-0.15, -0.1) is 0 Å². The van der Waals surface area contributed by atoms with Crippen molar-refractivity contribution in [2.45, 2.75) is 44.8 Å². The second-order valence-corrected chi connectivity index (χ2v) is 6.43. The van der Waals surface area contributed by atoms with Gasteiger partial charge in [-0.3, -0.25) is 9.89 Å². The highest BCUT2D eigenvalue weighted by atomic mass is 16.5. The number of fused-ring (bicyclic) bond motifs is 1. The molecule has 2 aromatic rings. The van der Waals surface area contributed by atoms with E-state index in [1.54, 1.807) is 0 Å². The van der Waals surface area contributed by atoms with Gasteiger partial charge in [0.25, 0.3) is 5.91 Å². The van der Waals surface area contributed by atoms with Crippen molar-refractivity contribution in [2.24, 2.45) is 0 Å². The number of para-hydroxylation sites is 2. The van der Waals surface area contributed by atoms with Gasteiger partial charge in [0, 0.05) is 30.8 Å². The first-order valence-electron chi connectivity index (χ1n) is 8.65. The topological polar surface area (TPSA) is 79.0 Å². The van der Waals surface area contributed by atoms with Gasteiger partial charge in [-0.05, 0) is 37.8 Å². The van der Waals surface area contributed by atoms with Crippen LogP contribution >= 0.6 is 0 Å². The van der Waals surface area contributed by atoms with Crippen LogP contribution in [0.15, 0.2) is 24.3 Å². The third-order valence-electron chi connectivity index (χ3n) is 4.75. The lowest BCUT2D eigenvalue weighted by Gasteiger charge is -2.17. The highest BCUT2D eigenvalue weighted by Gasteiger charge is 2.23. The summed E-state index contributed by atoms with van der Waals surface area (Å²) in [5.41, 5.74) is 3.19. The van der Waals surface area contributed by atoms with Crippen molar-refractivity contribution in [1.82, 2.24) is 15.5 Å². The summed E-state index contributed by atoms with van der Waals surface area (Å²) in [5, 5.41) is 13.4. The molecule has 6 heteroatoms. The molecule has 1 aliphatic carbocycles. The molecule has 6 nitrogen and oxygen atoms in total. The Kier molecular flexibility index (Phi) is 4.21. The molecule has 0 unspecified atom stereocenters. The number of ether oxygens (including phenoxy) is 1. The van der Waals surface area contributed by atoms with Gasteiger partial charge in [-0.1, -0.05) is 12.1 Å². The second kappa shape index (κ2) is 6.65. The molecular formula is C18H22N4O2. The number of H-pyrrole nitrogens is 1. The van der Waals surface area contributed by atoms with Crippen molar-refractivity contribution in [3.63, 3.8) is 0 Å². The van der Waals surface area contributed by atoms with Crippen LogP contribution in [-0.2, 0) is 13.0 Å². The zero-order valence-electron chi connectivity index (χ0n) is 13.6. The van der Waals surface area contributed by atoms with Gasteiger partial charge in [-0.2, -0.15) is 5.10 Å². The Bertz CT molecular complexity index is 734. The van der Waals surface area contributed by atoms with Crippen LogP contribution in [0.4, 0.5) is 5.69 Å². The van der Waals surface area contributed by atoms with Gasteiger partial charge in [0.15, 0.2) is 5.69 Å². The molecule has 1 aromatic carbocycles. The molecule has 0 atom stereocenters. The van der Waals surface area contributed by atoms with Crippen molar-refractivity contribution >= 4 is 11.6 Å². The number of rotatable bonds is 4. The van der Waals surface area contributed by atoms with E-state index in [1.807, 2.05) is 24.3 Å². The second-order valence-electron chi connectivity index (χ2n) is 6.43. The molecule has 0 saturated heterocycles. The van der Waals surface area contributed by atoms with Gasteiger partial charge in [0.05, 0.1) is 11.8 Å². The fourth-order valence-electron chi connectivity index (χ4n) is 3.45. The predicted octanol–water partition coefficient (Wildman–Crippen LogP) is 2.63. The lowest BCUT2D eigenvalue weighted by Crippen LogP contribution is -2.25. The summed E-state index contributed by atoms with van der Waals surface area (Å²) in [6.45, 7) is 1.59. The number of nitrogens with zero attached hydrogens (tertiary/aromatic N) is 1. The smallest absolute Gasteiger partial charge is 0.276 e. The molecule has 1 amide bonds. The predicted molar refractivity (Wildman–Crippen MR) is 91.3 cm³/mol. The molecule has 4 rings (SSSR count). The summed E-state index contributed by atoms with van der Waals surface area (Å²) in [6.07, 6.45) is 5.72. The maximum Gasteiger partial charge on any atom is 0.276 e. The number of carbonyl (C=O) groups excluding carboxylic acids is 1. The summed E-state index contributed by atoms with van der Waals surface area (Å²) in [6, 6.07) is 7.62. The van der Waals surface area contributed by atoms with Crippen LogP contribution in [-0.4, -0.2) is 28.8 Å². The minimum atomic E-state index is -0.196. The number of benzene rings is 1. The van der Waals surface area contributed by atoms with Crippen LogP contribution in [0, 0.1) is 0 Å². The van der Waals surface area contributed by atoms with Gasteiger partial charge in [0.1, 0.15) is 5.75 Å². The van der Waals surface area contributed by atoms with Gasteiger partial charge in [0.2, 0.25) is 0 Å². The number of carbonyl (C=O) groups is 1. The van der Waals surface area contributed by atoms with E-state index in [0.29, 0.717) is 17.9 Å². The van der Waals surface area contributed by atoms with E-state index in [-0.39, 0.29) is 12.0 Å². The fraction of sp³-hybridized carbons (Fsp3) is 0.444. The number of amides is 1. The lowest BCUT2D eigenvalue weighted by molar-refractivity contribution is 0.102. The molecule has 1 aromatic heterocycles. The van der Waals surface area contributed by atoms with E-state index < -0.39 is 0 Å². The molecule has 126 valence electrons. The van der Waals surface area contributed by atoms with Crippen molar-refractivity contribution in [3.8, 4) is 5.75 Å². The monoisotopic (exact) mass is 326 g/mol. The number of hydrogen-bond donors (Lipinski definition) is 3. The summed E-state index contributed by atoms with van der Waals surface area (Å²) in [5.74, 6) is 0.541.